The fourth-order valence-electron chi connectivity index (χ4n) is 2.47. The maximum Gasteiger partial charge on any atom is 0.0533 e. The number of hydrogen-bond acceptors (Lipinski definition) is 3. The van der Waals surface area contributed by atoms with Crippen LogP contribution in [0.3, 0.4) is 0 Å². The summed E-state index contributed by atoms with van der Waals surface area (Å²) in [4.78, 5) is 2.63. The van der Waals surface area contributed by atoms with Gasteiger partial charge in [0.05, 0.1) is 6.04 Å². The van der Waals surface area contributed by atoms with Crippen LogP contribution in [0.2, 0.25) is 5.02 Å². The molecule has 1 aliphatic rings. The molecule has 0 saturated carbocycles. The molecule has 1 N–H and O–H groups in total. The summed E-state index contributed by atoms with van der Waals surface area (Å²) < 4.78 is 0. The second-order valence-electron chi connectivity index (χ2n) is 4.72. The molecular formula is C16H16ClNS2. The van der Waals surface area contributed by atoms with Crippen LogP contribution in [-0.2, 0) is 0 Å². The lowest BCUT2D eigenvalue weighted by atomic mass is 10.0. The second-order valence-corrected chi connectivity index (χ2v) is 7.14. The van der Waals surface area contributed by atoms with E-state index in [-0.39, 0.29) is 0 Å². The van der Waals surface area contributed by atoms with E-state index in [1.807, 2.05) is 17.8 Å². The molecule has 2 aromatic rings. The van der Waals surface area contributed by atoms with Gasteiger partial charge in [-0.2, -0.15) is 0 Å². The SMILES string of the molecule is CSc1ccccc1NC1CCSc2ccc(Cl)cc21. The molecule has 0 fully saturated rings. The molecule has 0 radical (unpaired) electrons. The molecule has 3 rings (SSSR count). The van der Waals surface area contributed by atoms with Crippen molar-refractivity contribution in [1.29, 1.82) is 0 Å². The number of para-hydroxylation sites is 1. The van der Waals surface area contributed by atoms with Gasteiger partial charge < -0.3 is 5.32 Å². The first-order valence-electron chi connectivity index (χ1n) is 6.60. The molecule has 20 heavy (non-hydrogen) atoms. The van der Waals surface area contributed by atoms with Crippen LogP contribution in [0.25, 0.3) is 0 Å². The number of hydrogen-bond donors (Lipinski definition) is 1. The molecule has 0 bridgehead atoms. The van der Waals surface area contributed by atoms with Crippen molar-refractivity contribution < 1.29 is 0 Å². The lowest BCUT2D eigenvalue weighted by molar-refractivity contribution is 0.726. The van der Waals surface area contributed by atoms with E-state index in [0.717, 1.165) is 17.2 Å². The zero-order valence-electron chi connectivity index (χ0n) is 11.2. The van der Waals surface area contributed by atoms with Crippen LogP contribution in [0.15, 0.2) is 52.3 Å². The van der Waals surface area contributed by atoms with Crippen LogP contribution in [0.4, 0.5) is 5.69 Å². The summed E-state index contributed by atoms with van der Waals surface area (Å²) in [6.07, 6.45) is 3.24. The van der Waals surface area contributed by atoms with Gasteiger partial charge in [-0.15, -0.1) is 23.5 Å². The third kappa shape index (κ3) is 2.95. The highest BCUT2D eigenvalue weighted by Gasteiger charge is 2.21. The topological polar surface area (TPSA) is 12.0 Å². The number of fused-ring (bicyclic) bond motifs is 1. The standard InChI is InChI=1S/C16H16ClNS2/c1-19-16-5-3-2-4-14(16)18-13-8-9-20-15-7-6-11(17)10-12(13)15/h2-7,10,13,18H,8-9H2,1H3. The van der Waals surface area contributed by atoms with Gasteiger partial charge in [0.1, 0.15) is 0 Å². The van der Waals surface area contributed by atoms with E-state index in [9.17, 15) is 0 Å². The summed E-state index contributed by atoms with van der Waals surface area (Å²) in [5, 5.41) is 4.51. The highest BCUT2D eigenvalue weighted by atomic mass is 35.5. The minimum absolute atomic E-state index is 0.346. The largest absolute Gasteiger partial charge is 0.377 e. The fraction of sp³-hybridized carbons (Fsp3) is 0.250. The van der Waals surface area contributed by atoms with Crippen molar-refractivity contribution in [2.45, 2.75) is 22.3 Å². The van der Waals surface area contributed by atoms with E-state index in [2.05, 4.69) is 48.0 Å². The van der Waals surface area contributed by atoms with E-state index >= 15 is 0 Å². The van der Waals surface area contributed by atoms with E-state index in [0.29, 0.717) is 6.04 Å². The highest BCUT2D eigenvalue weighted by Crippen LogP contribution is 2.40. The Hall–Kier alpha value is -0.770. The number of thioether (sulfide) groups is 2. The Bertz CT molecular complexity index is 615. The van der Waals surface area contributed by atoms with E-state index in [1.54, 1.807) is 11.8 Å². The molecule has 2 aromatic carbocycles. The molecule has 1 heterocycles. The third-order valence-corrected chi connectivity index (χ3v) is 5.60. The fourth-order valence-corrected chi connectivity index (χ4v) is 4.31. The third-order valence-electron chi connectivity index (χ3n) is 3.45. The predicted molar refractivity (Wildman–Crippen MR) is 91.4 cm³/mol. The van der Waals surface area contributed by atoms with Gasteiger partial charge in [-0.05, 0) is 48.6 Å². The van der Waals surface area contributed by atoms with Gasteiger partial charge in [-0.3, -0.25) is 0 Å². The van der Waals surface area contributed by atoms with Crippen LogP contribution < -0.4 is 5.32 Å². The van der Waals surface area contributed by atoms with Gasteiger partial charge in [0.2, 0.25) is 0 Å². The van der Waals surface area contributed by atoms with E-state index in [1.165, 1.54) is 21.0 Å². The smallest absolute Gasteiger partial charge is 0.0533 e. The first-order chi connectivity index (χ1) is 9.78. The van der Waals surface area contributed by atoms with Crippen molar-refractivity contribution in [3.8, 4) is 0 Å². The van der Waals surface area contributed by atoms with Crippen molar-refractivity contribution in [3.05, 3.63) is 53.1 Å². The first kappa shape index (κ1) is 14.2. The average Bonchev–Trinajstić information content (AvgIpc) is 2.48. The van der Waals surface area contributed by atoms with Crippen LogP contribution >= 0.6 is 35.1 Å². The number of halogens is 1. The maximum atomic E-state index is 6.16. The normalized spacial score (nSPS) is 17.6. The van der Waals surface area contributed by atoms with Crippen LogP contribution in [-0.4, -0.2) is 12.0 Å². The Labute approximate surface area is 133 Å². The van der Waals surface area contributed by atoms with Gasteiger partial charge in [-0.25, -0.2) is 0 Å². The van der Waals surface area contributed by atoms with Gasteiger partial charge in [0.25, 0.3) is 0 Å². The number of anilines is 1. The quantitative estimate of drug-likeness (QED) is 0.727. The van der Waals surface area contributed by atoms with Crippen molar-refractivity contribution in [3.63, 3.8) is 0 Å². The van der Waals surface area contributed by atoms with E-state index in [4.69, 9.17) is 11.6 Å². The Balaban J connectivity index is 1.91. The van der Waals surface area contributed by atoms with Crippen LogP contribution in [0.5, 0.6) is 0 Å². The number of benzene rings is 2. The molecule has 1 nitrogen and oxygen atoms in total. The van der Waals surface area contributed by atoms with Gasteiger partial charge in [0, 0.05) is 26.3 Å². The molecule has 0 aromatic heterocycles. The molecule has 104 valence electrons. The number of nitrogens with one attached hydrogen (secondary N) is 1. The van der Waals surface area contributed by atoms with E-state index < -0.39 is 0 Å². The van der Waals surface area contributed by atoms with Crippen molar-refractivity contribution in [1.82, 2.24) is 0 Å². The Morgan fingerprint density at radius 2 is 2.10 bits per heavy atom. The molecular weight excluding hydrogens is 306 g/mol. The van der Waals surface area contributed by atoms with Crippen molar-refractivity contribution in [2.75, 3.05) is 17.3 Å². The highest BCUT2D eigenvalue weighted by molar-refractivity contribution is 7.99. The maximum absolute atomic E-state index is 6.16. The second kappa shape index (κ2) is 6.33. The minimum atomic E-state index is 0.346. The summed E-state index contributed by atoms with van der Waals surface area (Å²) in [7, 11) is 0. The molecule has 1 unspecified atom stereocenters. The Kier molecular flexibility index (Phi) is 4.49. The summed E-state index contributed by atoms with van der Waals surface area (Å²) >= 11 is 9.85. The summed E-state index contributed by atoms with van der Waals surface area (Å²) in [6.45, 7) is 0. The number of rotatable bonds is 3. The lowest BCUT2D eigenvalue weighted by Crippen LogP contribution is -2.16. The van der Waals surface area contributed by atoms with Crippen LogP contribution in [0, 0.1) is 0 Å². The summed E-state index contributed by atoms with van der Waals surface area (Å²) in [5.74, 6) is 1.15. The molecule has 0 saturated heterocycles. The van der Waals surface area contributed by atoms with Crippen LogP contribution in [0.1, 0.15) is 18.0 Å². The molecule has 0 spiro atoms. The van der Waals surface area contributed by atoms with Crippen molar-refractivity contribution in [2.24, 2.45) is 0 Å². The predicted octanol–water partition coefficient (Wildman–Crippen LogP) is 5.71. The average molecular weight is 322 g/mol. The lowest BCUT2D eigenvalue weighted by Gasteiger charge is -2.27. The summed E-state index contributed by atoms with van der Waals surface area (Å²) in [6, 6.07) is 15.0. The zero-order chi connectivity index (χ0) is 13.9. The minimum Gasteiger partial charge on any atom is -0.377 e. The van der Waals surface area contributed by atoms with Crippen molar-refractivity contribution >= 4 is 40.8 Å². The molecule has 1 atom stereocenters. The zero-order valence-corrected chi connectivity index (χ0v) is 13.6. The molecule has 0 amide bonds. The molecule has 4 heteroatoms. The van der Waals surface area contributed by atoms with Gasteiger partial charge >= 0.3 is 0 Å². The monoisotopic (exact) mass is 321 g/mol. The Morgan fingerprint density at radius 1 is 1.25 bits per heavy atom. The summed E-state index contributed by atoms with van der Waals surface area (Å²) in [5.41, 5.74) is 2.53. The Morgan fingerprint density at radius 3 is 2.95 bits per heavy atom. The molecule has 1 aliphatic heterocycles. The molecule has 0 aliphatic carbocycles. The van der Waals surface area contributed by atoms with Gasteiger partial charge in [-0.1, -0.05) is 23.7 Å². The van der Waals surface area contributed by atoms with Gasteiger partial charge in [0.15, 0.2) is 0 Å². The first-order valence-corrected chi connectivity index (χ1v) is 9.18.